The van der Waals surface area contributed by atoms with Gasteiger partial charge in [0.15, 0.2) is 0 Å². The molecule has 2 aromatic heterocycles. The van der Waals surface area contributed by atoms with Crippen molar-refractivity contribution in [1.29, 1.82) is 0 Å². The molecule has 0 aliphatic carbocycles. The quantitative estimate of drug-likeness (QED) is 0.550. The molecule has 0 aliphatic rings. The first-order chi connectivity index (χ1) is 13.2. The van der Waals surface area contributed by atoms with E-state index in [1.54, 1.807) is 12.4 Å². The zero-order valence-electron chi connectivity index (χ0n) is 14.5. The topological polar surface area (TPSA) is 67.8 Å². The minimum atomic E-state index is -0.249. The zero-order valence-corrected chi connectivity index (χ0v) is 14.5. The van der Waals surface area contributed by atoms with Crippen LogP contribution >= 0.6 is 0 Å². The summed E-state index contributed by atoms with van der Waals surface area (Å²) in [5, 5.41) is 3.72. The van der Waals surface area contributed by atoms with Gasteiger partial charge in [0.1, 0.15) is 6.33 Å². The van der Waals surface area contributed by atoms with Crippen molar-refractivity contribution in [3.63, 3.8) is 0 Å². The summed E-state index contributed by atoms with van der Waals surface area (Å²) in [5.41, 5.74) is 5.29. The second-order valence-electron chi connectivity index (χ2n) is 5.97. The van der Waals surface area contributed by atoms with Gasteiger partial charge in [0.05, 0.1) is 11.2 Å². The first-order valence-corrected chi connectivity index (χ1v) is 8.43. The Hall–Kier alpha value is -3.86. The predicted molar refractivity (Wildman–Crippen MR) is 107 cm³/mol. The lowest BCUT2D eigenvalue weighted by Crippen LogP contribution is -2.07. The number of carbonyl (C=O) groups excluding carboxylic acids is 1. The summed E-state index contributed by atoms with van der Waals surface area (Å²) in [6, 6.07) is 17.5. The van der Waals surface area contributed by atoms with Crippen LogP contribution in [0.25, 0.3) is 33.3 Å². The SMILES string of the molecule is C=CC(=O)Nc1cccc(-c2cc(-c3ccccn3)cc3cncnc23)c1. The summed E-state index contributed by atoms with van der Waals surface area (Å²) in [4.78, 5) is 24.7. The maximum Gasteiger partial charge on any atom is 0.247 e. The summed E-state index contributed by atoms with van der Waals surface area (Å²) in [6.45, 7) is 3.49. The number of aromatic nitrogens is 3. The molecule has 0 aliphatic heterocycles. The Morgan fingerprint density at radius 2 is 1.93 bits per heavy atom. The van der Waals surface area contributed by atoms with Crippen molar-refractivity contribution in [2.24, 2.45) is 0 Å². The standard InChI is InChI=1S/C22H16N4O/c1-2-21(27)26-18-7-5-6-15(11-18)19-12-16(20-8-3-4-9-24-20)10-17-13-23-14-25-22(17)19/h2-14H,1H2,(H,26,27). The molecule has 27 heavy (non-hydrogen) atoms. The molecule has 0 saturated heterocycles. The number of pyridine rings is 1. The van der Waals surface area contributed by atoms with Gasteiger partial charge in [0.2, 0.25) is 5.91 Å². The lowest BCUT2D eigenvalue weighted by Gasteiger charge is -2.11. The summed E-state index contributed by atoms with van der Waals surface area (Å²) in [6.07, 6.45) is 6.35. The molecule has 130 valence electrons. The van der Waals surface area contributed by atoms with Gasteiger partial charge in [-0.15, -0.1) is 0 Å². The lowest BCUT2D eigenvalue weighted by atomic mass is 9.97. The van der Waals surface area contributed by atoms with Crippen LogP contribution in [-0.2, 0) is 4.79 Å². The van der Waals surface area contributed by atoms with Crippen molar-refractivity contribution >= 4 is 22.5 Å². The highest BCUT2D eigenvalue weighted by Gasteiger charge is 2.11. The number of amides is 1. The first-order valence-electron chi connectivity index (χ1n) is 8.43. The maximum absolute atomic E-state index is 11.6. The average molecular weight is 352 g/mol. The highest BCUT2D eigenvalue weighted by molar-refractivity contribution is 6.00. The largest absolute Gasteiger partial charge is 0.323 e. The van der Waals surface area contributed by atoms with E-state index in [2.05, 4.69) is 32.9 Å². The number of anilines is 1. The lowest BCUT2D eigenvalue weighted by molar-refractivity contribution is -0.111. The number of rotatable bonds is 4. The minimum Gasteiger partial charge on any atom is -0.323 e. The van der Waals surface area contributed by atoms with E-state index in [9.17, 15) is 4.79 Å². The Bertz CT molecular complexity index is 1140. The van der Waals surface area contributed by atoms with E-state index in [-0.39, 0.29) is 5.91 Å². The fourth-order valence-electron chi connectivity index (χ4n) is 2.96. The molecular weight excluding hydrogens is 336 g/mol. The van der Waals surface area contributed by atoms with Gasteiger partial charge in [-0.05, 0) is 48.0 Å². The van der Waals surface area contributed by atoms with Gasteiger partial charge < -0.3 is 5.32 Å². The van der Waals surface area contributed by atoms with Gasteiger partial charge in [0, 0.05) is 34.6 Å². The van der Waals surface area contributed by atoms with E-state index in [1.807, 2.05) is 48.5 Å². The minimum absolute atomic E-state index is 0.249. The smallest absolute Gasteiger partial charge is 0.247 e. The van der Waals surface area contributed by atoms with E-state index in [1.165, 1.54) is 12.4 Å². The van der Waals surface area contributed by atoms with Gasteiger partial charge in [0.25, 0.3) is 0 Å². The zero-order chi connectivity index (χ0) is 18.6. The van der Waals surface area contributed by atoms with Crippen LogP contribution in [0.1, 0.15) is 0 Å². The number of nitrogens with zero attached hydrogens (tertiary/aromatic N) is 3. The third-order valence-corrected chi connectivity index (χ3v) is 4.19. The Labute approximate surface area is 156 Å². The Balaban J connectivity index is 1.89. The third kappa shape index (κ3) is 3.43. The third-order valence-electron chi connectivity index (χ3n) is 4.19. The van der Waals surface area contributed by atoms with Crippen LogP contribution in [0, 0.1) is 0 Å². The van der Waals surface area contributed by atoms with Crippen LogP contribution in [0.3, 0.4) is 0 Å². The highest BCUT2D eigenvalue weighted by atomic mass is 16.1. The van der Waals surface area contributed by atoms with E-state index >= 15 is 0 Å². The number of benzene rings is 2. The number of fused-ring (bicyclic) bond motifs is 1. The molecule has 5 nitrogen and oxygen atoms in total. The molecule has 4 rings (SSSR count). The van der Waals surface area contributed by atoms with Gasteiger partial charge in [-0.2, -0.15) is 0 Å². The van der Waals surface area contributed by atoms with Gasteiger partial charge in [-0.3, -0.25) is 9.78 Å². The molecular formula is C22H16N4O. The molecule has 0 bridgehead atoms. The maximum atomic E-state index is 11.6. The number of hydrogen-bond acceptors (Lipinski definition) is 4. The van der Waals surface area contributed by atoms with Gasteiger partial charge in [-0.1, -0.05) is 24.8 Å². The molecule has 0 radical (unpaired) electrons. The van der Waals surface area contributed by atoms with Crippen LogP contribution in [0.5, 0.6) is 0 Å². The van der Waals surface area contributed by atoms with E-state index in [0.29, 0.717) is 5.69 Å². The summed E-state index contributed by atoms with van der Waals surface area (Å²) in [5.74, 6) is -0.249. The molecule has 0 fully saturated rings. The van der Waals surface area contributed by atoms with E-state index in [0.717, 1.165) is 33.3 Å². The van der Waals surface area contributed by atoms with E-state index < -0.39 is 0 Å². The second-order valence-corrected chi connectivity index (χ2v) is 5.97. The molecule has 0 unspecified atom stereocenters. The molecule has 5 heteroatoms. The Morgan fingerprint density at radius 1 is 1.00 bits per heavy atom. The summed E-state index contributed by atoms with van der Waals surface area (Å²) < 4.78 is 0. The van der Waals surface area contributed by atoms with Gasteiger partial charge >= 0.3 is 0 Å². The molecule has 0 atom stereocenters. The molecule has 1 N–H and O–H groups in total. The van der Waals surface area contributed by atoms with E-state index in [4.69, 9.17) is 0 Å². The number of hydrogen-bond donors (Lipinski definition) is 1. The van der Waals surface area contributed by atoms with Crippen LogP contribution in [0.2, 0.25) is 0 Å². The monoisotopic (exact) mass is 352 g/mol. The fourth-order valence-corrected chi connectivity index (χ4v) is 2.96. The average Bonchev–Trinajstić information content (AvgIpc) is 2.73. The van der Waals surface area contributed by atoms with Crippen LogP contribution < -0.4 is 5.32 Å². The van der Waals surface area contributed by atoms with Crippen molar-refractivity contribution in [1.82, 2.24) is 15.0 Å². The fraction of sp³-hybridized carbons (Fsp3) is 0. The highest BCUT2D eigenvalue weighted by Crippen LogP contribution is 2.33. The second kappa shape index (κ2) is 7.17. The van der Waals surface area contributed by atoms with Crippen molar-refractivity contribution < 1.29 is 4.79 Å². The normalized spacial score (nSPS) is 10.5. The molecule has 0 spiro atoms. The Morgan fingerprint density at radius 3 is 2.74 bits per heavy atom. The molecule has 2 heterocycles. The summed E-state index contributed by atoms with van der Waals surface area (Å²) in [7, 11) is 0. The molecule has 1 amide bonds. The Kier molecular flexibility index (Phi) is 4.41. The van der Waals surface area contributed by atoms with Crippen LogP contribution in [-0.4, -0.2) is 20.9 Å². The van der Waals surface area contributed by atoms with Crippen LogP contribution in [0.15, 0.2) is 86.0 Å². The molecule has 0 saturated carbocycles. The first kappa shape index (κ1) is 16.6. The predicted octanol–water partition coefficient (Wildman–Crippen LogP) is 4.48. The molecule has 2 aromatic carbocycles. The van der Waals surface area contributed by atoms with Crippen molar-refractivity contribution in [3.8, 4) is 22.4 Å². The van der Waals surface area contributed by atoms with Gasteiger partial charge in [-0.25, -0.2) is 9.97 Å². The van der Waals surface area contributed by atoms with Crippen LogP contribution in [0.4, 0.5) is 5.69 Å². The summed E-state index contributed by atoms with van der Waals surface area (Å²) >= 11 is 0. The number of carbonyl (C=O) groups is 1. The van der Waals surface area contributed by atoms with Crippen molar-refractivity contribution in [2.45, 2.75) is 0 Å². The number of nitrogens with one attached hydrogen (secondary N) is 1. The van der Waals surface area contributed by atoms with Crippen molar-refractivity contribution in [2.75, 3.05) is 5.32 Å². The molecule has 4 aromatic rings. The van der Waals surface area contributed by atoms with Crippen molar-refractivity contribution in [3.05, 3.63) is 86.0 Å².